The van der Waals surface area contributed by atoms with Gasteiger partial charge < -0.3 is 11.2 Å². The van der Waals surface area contributed by atoms with Crippen molar-refractivity contribution in [2.75, 3.05) is 6.54 Å². The molecule has 0 saturated carbocycles. The molecule has 1 aromatic heterocycles. The van der Waals surface area contributed by atoms with Crippen molar-refractivity contribution in [2.45, 2.75) is 32.1 Å². The molecule has 0 aliphatic heterocycles. The molecule has 14 heavy (non-hydrogen) atoms. The van der Waals surface area contributed by atoms with Crippen LogP contribution in [0.5, 0.6) is 0 Å². The Balaban J connectivity index is 0.000000845. The molecule has 82 valence electrons. The van der Waals surface area contributed by atoms with E-state index in [0.717, 1.165) is 6.42 Å². The first-order chi connectivity index (χ1) is 5.92. The van der Waals surface area contributed by atoms with Crippen molar-refractivity contribution in [1.82, 2.24) is 10.2 Å². The van der Waals surface area contributed by atoms with Crippen LogP contribution in [0.2, 0.25) is 0 Å². The predicted molar refractivity (Wildman–Crippen MR) is 58.8 cm³/mol. The van der Waals surface area contributed by atoms with E-state index in [1.807, 2.05) is 0 Å². The number of rotatable bonds is 2. The monoisotopic (exact) mass is 219 g/mol. The fourth-order valence-corrected chi connectivity index (χ4v) is 1.89. The average molecular weight is 220 g/mol. The maximum atomic E-state index is 5.50. The summed E-state index contributed by atoms with van der Waals surface area (Å²) in [7, 11) is 0. The molecule has 0 amide bonds. The minimum absolute atomic E-state index is 0. The lowest BCUT2D eigenvalue weighted by atomic mass is 9.95. The van der Waals surface area contributed by atoms with Crippen molar-refractivity contribution in [3.63, 3.8) is 0 Å². The molecule has 5 N–H and O–H groups in total. The third kappa shape index (κ3) is 2.47. The molecule has 1 aliphatic carbocycles. The van der Waals surface area contributed by atoms with Crippen LogP contribution in [-0.4, -0.2) is 22.2 Å². The molecule has 0 atom stereocenters. The fraction of sp³-hybridized carbons (Fsp3) is 0.667. The summed E-state index contributed by atoms with van der Waals surface area (Å²) in [6.07, 6.45) is 5.90. The summed E-state index contributed by atoms with van der Waals surface area (Å²) in [5.74, 6) is 0. The molecule has 0 fully saturated rings. The molecular formula is C9H18ClN3O. The number of halogens is 1. The standard InChI is InChI=1S/C9H15N3.ClH.H2O/c10-6-5-9-7-3-1-2-4-8(7)11-12-9;;/h1-6,10H2,(H,11,12);1H;1H2. The van der Waals surface area contributed by atoms with E-state index < -0.39 is 0 Å². The van der Waals surface area contributed by atoms with Crippen molar-refractivity contribution in [2.24, 2.45) is 5.73 Å². The number of aromatic nitrogens is 2. The number of hydrogen-bond donors (Lipinski definition) is 2. The summed E-state index contributed by atoms with van der Waals surface area (Å²) in [5.41, 5.74) is 9.50. The number of aryl methyl sites for hydroxylation is 1. The smallest absolute Gasteiger partial charge is 0.0669 e. The zero-order chi connectivity index (χ0) is 8.39. The number of nitrogens with two attached hydrogens (primary N) is 1. The largest absolute Gasteiger partial charge is 0.412 e. The number of H-pyrrole nitrogens is 1. The highest BCUT2D eigenvalue weighted by Crippen LogP contribution is 2.21. The summed E-state index contributed by atoms with van der Waals surface area (Å²) in [4.78, 5) is 0. The minimum atomic E-state index is 0. The van der Waals surface area contributed by atoms with Gasteiger partial charge in [0.05, 0.1) is 5.69 Å². The SMILES string of the molecule is Cl.NCCc1n[nH]c2c1CCCC2.O. The van der Waals surface area contributed by atoms with Gasteiger partial charge in [-0.1, -0.05) is 0 Å². The summed E-state index contributed by atoms with van der Waals surface area (Å²) >= 11 is 0. The third-order valence-electron chi connectivity index (χ3n) is 2.52. The molecule has 4 nitrogen and oxygen atoms in total. The molecule has 0 unspecified atom stereocenters. The Kier molecular flexibility index (Phi) is 5.76. The lowest BCUT2D eigenvalue weighted by Crippen LogP contribution is -2.07. The molecule has 1 aromatic rings. The molecule has 5 heteroatoms. The Labute approximate surface area is 90.0 Å². The van der Waals surface area contributed by atoms with E-state index in [2.05, 4.69) is 10.2 Å². The van der Waals surface area contributed by atoms with Gasteiger partial charge >= 0.3 is 0 Å². The highest BCUT2D eigenvalue weighted by molar-refractivity contribution is 5.85. The van der Waals surface area contributed by atoms with Gasteiger partial charge in [0.25, 0.3) is 0 Å². The van der Waals surface area contributed by atoms with Gasteiger partial charge in [-0.2, -0.15) is 5.10 Å². The quantitative estimate of drug-likeness (QED) is 0.754. The summed E-state index contributed by atoms with van der Waals surface area (Å²) < 4.78 is 0. The van der Waals surface area contributed by atoms with E-state index in [1.165, 1.54) is 42.6 Å². The second-order valence-corrected chi connectivity index (χ2v) is 3.37. The van der Waals surface area contributed by atoms with Crippen LogP contribution in [0.3, 0.4) is 0 Å². The number of fused-ring (bicyclic) bond motifs is 1. The first-order valence-corrected chi connectivity index (χ1v) is 4.67. The van der Waals surface area contributed by atoms with Crippen molar-refractivity contribution in [3.8, 4) is 0 Å². The molecule has 2 rings (SSSR count). The van der Waals surface area contributed by atoms with Crippen LogP contribution in [0.1, 0.15) is 29.8 Å². The molecular weight excluding hydrogens is 202 g/mol. The zero-order valence-electron chi connectivity index (χ0n) is 8.18. The number of hydrogen-bond acceptors (Lipinski definition) is 2. The van der Waals surface area contributed by atoms with Crippen molar-refractivity contribution >= 4 is 12.4 Å². The minimum Gasteiger partial charge on any atom is -0.412 e. The highest BCUT2D eigenvalue weighted by atomic mass is 35.5. The Bertz CT molecular complexity index is 275. The van der Waals surface area contributed by atoms with Crippen LogP contribution in [0.25, 0.3) is 0 Å². The van der Waals surface area contributed by atoms with Crippen LogP contribution in [0, 0.1) is 0 Å². The second kappa shape index (κ2) is 6.01. The Hall–Kier alpha value is -0.580. The Morgan fingerprint density at radius 2 is 2.00 bits per heavy atom. The highest BCUT2D eigenvalue weighted by Gasteiger charge is 2.15. The van der Waals surface area contributed by atoms with Gasteiger partial charge in [0.15, 0.2) is 0 Å². The van der Waals surface area contributed by atoms with E-state index in [4.69, 9.17) is 5.73 Å². The molecule has 0 saturated heterocycles. The molecule has 1 heterocycles. The third-order valence-corrected chi connectivity index (χ3v) is 2.52. The molecule has 0 radical (unpaired) electrons. The van der Waals surface area contributed by atoms with Gasteiger partial charge in [-0.05, 0) is 37.8 Å². The fourth-order valence-electron chi connectivity index (χ4n) is 1.89. The molecule has 0 bridgehead atoms. The Morgan fingerprint density at radius 1 is 1.29 bits per heavy atom. The lowest BCUT2D eigenvalue weighted by molar-refractivity contribution is 0.672. The van der Waals surface area contributed by atoms with E-state index >= 15 is 0 Å². The second-order valence-electron chi connectivity index (χ2n) is 3.37. The van der Waals surface area contributed by atoms with Crippen LogP contribution in [0.15, 0.2) is 0 Å². The maximum absolute atomic E-state index is 5.50. The van der Waals surface area contributed by atoms with Crippen molar-refractivity contribution in [3.05, 3.63) is 17.0 Å². The van der Waals surface area contributed by atoms with Gasteiger partial charge in [-0.25, -0.2) is 0 Å². The number of nitrogens with one attached hydrogen (secondary N) is 1. The summed E-state index contributed by atoms with van der Waals surface area (Å²) in [5, 5.41) is 7.39. The van der Waals surface area contributed by atoms with Gasteiger partial charge in [-0.15, -0.1) is 12.4 Å². The zero-order valence-corrected chi connectivity index (χ0v) is 8.99. The van der Waals surface area contributed by atoms with E-state index in [9.17, 15) is 0 Å². The summed E-state index contributed by atoms with van der Waals surface area (Å²) in [6.45, 7) is 0.706. The average Bonchev–Trinajstić information content (AvgIpc) is 2.50. The molecule has 0 aromatic carbocycles. The summed E-state index contributed by atoms with van der Waals surface area (Å²) in [6, 6.07) is 0. The van der Waals surface area contributed by atoms with Crippen molar-refractivity contribution in [1.29, 1.82) is 0 Å². The molecule has 0 spiro atoms. The topological polar surface area (TPSA) is 86.2 Å². The van der Waals surface area contributed by atoms with Crippen molar-refractivity contribution < 1.29 is 5.48 Å². The van der Waals surface area contributed by atoms with E-state index in [-0.39, 0.29) is 17.9 Å². The Morgan fingerprint density at radius 3 is 2.71 bits per heavy atom. The van der Waals surface area contributed by atoms with Gasteiger partial charge in [-0.3, -0.25) is 5.10 Å². The number of aromatic amines is 1. The predicted octanol–water partition coefficient (Wildman–Crippen LogP) is 0.387. The van der Waals surface area contributed by atoms with Crippen LogP contribution in [0.4, 0.5) is 0 Å². The van der Waals surface area contributed by atoms with E-state index in [1.54, 1.807) is 0 Å². The van der Waals surface area contributed by atoms with Crippen LogP contribution in [-0.2, 0) is 19.3 Å². The molecule has 1 aliphatic rings. The van der Waals surface area contributed by atoms with E-state index in [0.29, 0.717) is 6.54 Å². The van der Waals surface area contributed by atoms with Gasteiger partial charge in [0.2, 0.25) is 0 Å². The first-order valence-electron chi connectivity index (χ1n) is 4.67. The van der Waals surface area contributed by atoms with Crippen LogP contribution >= 0.6 is 12.4 Å². The van der Waals surface area contributed by atoms with Gasteiger partial charge in [0.1, 0.15) is 0 Å². The van der Waals surface area contributed by atoms with Crippen LogP contribution < -0.4 is 5.73 Å². The number of nitrogens with zero attached hydrogens (tertiary/aromatic N) is 1. The maximum Gasteiger partial charge on any atom is 0.0669 e. The normalized spacial score (nSPS) is 13.8. The first kappa shape index (κ1) is 13.4. The van der Waals surface area contributed by atoms with Gasteiger partial charge in [0, 0.05) is 12.1 Å². The lowest BCUT2D eigenvalue weighted by Gasteiger charge is -2.10.